The van der Waals surface area contributed by atoms with Crippen LogP contribution in [0.1, 0.15) is 0 Å². The lowest BCUT2D eigenvalue weighted by molar-refractivity contribution is 0.358. The van der Waals surface area contributed by atoms with E-state index < -0.39 is 0 Å². The molecule has 0 unspecified atom stereocenters. The van der Waals surface area contributed by atoms with Crippen molar-refractivity contribution in [1.29, 1.82) is 0 Å². The molecular formula is C9H7Br3O. The van der Waals surface area contributed by atoms with Crippen LogP contribution in [-0.2, 0) is 0 Å². The van der Waals surface area contributed by atoms with Crippen molar-refractivity contribution < 1.29 is 4.74 Å². The summed E-state index contributed by atoms with van der Waals surface area (Å²) < 4.78 is 8.26. The van der Waals surface area contributed by atoms with Crippen LogP contribution >= 0.6 is 47.8 Å². The number of rotatable bonds is 3. The largest absolute Gasteiger partial charge is 0.487 e. The van der Waals surface area contributed by atoms with Crippen molar-refractivity contribution in [2.45, 2.75) is 0 Å². The van der Waals surface area contributed by atoms with Crippen molar-refractivity contribution in [3.63, 3.8) is 0 Å². The molecule has 1 nitrogen and oxygen atoms in total. The van der Waals surface area contributed by atoms with Gasteiger partial charge in [0, 0.05) is 4.47 Å². The zero-order valence-corrected chi connectivity index (χ0v) is 11.4. The molecular weight excluding hydrogens is 364 g/mol. The summed E-state index contributed by atoms with van der Waals surface area (Å²) in [6.45, 7) is 4.09. The molecule has 70 valence electrons. The second-order valence-electron chi connectivity index (χ2n) is 2.30. The molecule has 0 amide bonds. The van der Waals surface area contributed by atoms with Crippen LogP contribution in [0.4, 0.5) is 0 Å². The van der Waals surface area contributed by atoms with Gasteiger partial charge in [-0.3, -0.25) is 0 Å². The third kappa shape index (κ3) is 3.11. The second kappa shape index (κ2) is 5.17. The predicted molar refractivity (Wildman–Crippen MR) is 65.2 cm³/mol. The van der Waals surface area contributed by atoms with Crippen LogP contribution in [0.25, 0.3) is 0 Å². The molecule has 0 aromatic heterocycles. The molecule has 0 radical (unpaired) electrons. The van der Waals surface area contributed by atoms with E-state index in [4.69, 9.17) is 4.74 Å². The highest BCUT2D eigenvalue weighted by atomic mass is 79.9. The van der Waals surface area contributed by atoms with E-state index in [-0.39, 0.29) is 0 Å². The summed E-state index contributed by atoms with van der Waals surface area (Å²) in [5.74, 6) is 0.795. The van der Waals surface area contributed by atoms with Crippen molar-refractivity contribution in [1.82, 2.24) is 0 Å². The average molecular weight is 371 g/mol. The normalized spacial score (nSPS) is 9.77. The molecule has 0 aliphatic heterocycles. The van der Waals surface area contributed by atoms with E-state index in [1.54, 1.807) is 6.08 Å². The lowest BCUT2D eigenvalue weighted by Gasteiger charge is -2.08. The minimum atomic E-state index is 0.499. The quantitative estimate of drug-likeness (QED) is 0.710. The fourth-order valence-electron chi connectivity index (χ4n) is 0.809. The Morgan fingerprint density at radius 3 is 2.23 bits per heavy atom. The molecule has 13 heavy (non-hydrogen) atoms. The third-order valence-corrected chi connectivity index (χ3v) is 2.94. The summed E-state index contributed by atoms with van der Waals surface area (Å²) in [6, 6.07) is 3.87. The van der Waals surface area contributed by atoms with Crippen molar-refractivity contribution in [3.05, 3.63) is 38.2 Å². The summed E-state index contributed by atoms with van der Waals surface area (Å²) >= 11 is 10.2. The number of hydrogen-bond acceptors (Lipinski definition) is 1. The highest BCUT2D eigenvalue weighted by Crippen LogP contribution is 2.36. The molecule has 4 heteroatoms. The number of benzene rings is 1. The molecule has 0 saturated carbocycles. The summed E-state index contributed by atoms with van der Waals surface area (Å²) in [5, 5.41) is 0. The summed E-state index contributed by atoms with van der Waals surface area (Å²) in [6.07, 6.45) is 1.71. The van der Waals surface area contributed by atoms with Gasteiger partial charge in [0.2, 0.25) is 0 Å². The second-order valence-corrected chi connectivity index (χ2v) is 4.92. The maximum atomic E-state index is 5.44. The van der Waals surface area contributed by atoms with E-state index >= 15 is 0 Å². The van der Waals surface area contributed by atoms with Crippen LogP contribution in [-0.4, -0.2) is 6.61 Å². The van der Waals surface area contributed by atoms with Gasteiger partial charge < -0.3 is 4.74 Å². The van der Waals surface area contributed by atoms with Gasteiger partial charge in [-0.15, -0.1) is 0 Å². The number of ether oxygens (including phenoxy) is 1. The summed E-state index contributed by atoms with van der Waals surface area (Å²) in [7, 11) is 0. The number of halogens is 3. The Balaban J connectivity index is 2.98. The predicted octanol–water partition coefficient (Wildman–Crippen LogP) is 4.54. The van der Waals surface area contributed by atoms with Crippen LogP contribution in [0, 0.1) is 0 Å². The van der Waals surface area contributed by atoms with Gasteiger partial charge in [0.1, 0.15) is 12.4 Å². The maximum absolute atomic E-state index is 5.44. The minimum Gasteiger partial charge on any atom is -0.487 e. The van der Waals surface area contributed by atoms with Crippen molar-refractivity contribution in [3.8, 4) is 5.75 Å². The molecule has 0 fully saturated rings. The van der Waals surface area contributed by atoms with Gasteiger partial charge in [-0.1, -0.05) is 28.6 Å². The Morgan fingerprint density at radius 2 is 1.77 bits per heavy atom. The van der Waals surface area contributed by atoms with E-state index in [1.165, 1.54) is 0 Å². The standard InChI is InChI=1S/C9H7Br3O/c1-2-3-13-9-7(11)4-6(10)5-8(9)12/h2,4-5H,1,3H2. The summed E-state index contributed by atoms with van der Waals surface area (Å²) in [5.41, 5.74) is 0. The number of hydrogen-bond donors (Lipinski definition) is 0. The molecule has 0 heterocycles. The van der Waals surface area contributed by atoms with Gasteiger partial charge in [-0.25, -0.2) is 0 Å². The van der Waals surface area contributed by atoms with Crippen LogP contribution in [0.2, 0.25) is 0 Å². The first-order valence-electron chi connectivity index (χ1n) is 3.53. The fourth-order valence-corrected chi connectivity index (χ4v) is 3.30. The lowest BCUT2D eigenvalue weighted by Crippen LogP contribution is -1.94. The first-order valence-corrected chi connectivity index (χ1v) is 5.91. The van der Waals surface area contributed by atoms with E-state index in [0.29, 0.717) is 6.61 Å². The van der Waals surface area contributed by atoms with Crippen LogP contribution in [0.15, 0.2) is 38.2 Å². The summed E-state index contributed by atoms with van der Waals surface area (Å²) in [4.78, 5) is 0. The highest BCUT2D eigenvalue weighted by molar-refractivity contribution is 9.11. The average Bonchev–Trinajstić information content (AvgIpc) is 2.02. The molecule has 0 aliphatic rings. The first kappa shape index (κ1) is 11.3. The Labute approximate surface area is 103 Å². The first-order chi connectivity index (χ1) is 6.15. The molecule has 0 spiro atoms. The van der Waals surface area contributed by atoms with Gasteiger partial charge in [0.05, 0.1) is 8.95 Å². The smallest absolute Gasteiger partial charge is 0.148 e. The molecule has 1 rings (SSSR count). The molecule has 0 aliphatic carbocycles. The van der Waals surface area contributed by atoms with Crippen molar-refractivity contribution in [2.24, 2.45) is 0 Å². The Kier molecular flexibility index (Phi) is 4.49. The SMILES string of the molecule is C=CCOc1c(Br)cc(Br)cc1Br. The van der Waals surface area contributed by atoms with Gasteiger partial charge in [-0.2, -0.15) is 0 Å². The molecule has 0 saturated heterocycles. The van der Waals surface area contributed by atoms with Gasteiger partial charge >= 0.3 is 0 Å². The Morgan fingerprint density at radius 1 is 1.23 bits per heavy atom. The van der Waals surface area contributed by atoms with Gasteiger partial charge in [-0.05, 0) is 44.0 Å². The van der Waals surface area contributed by atoms with E-state index in [0.717, 1.165) is 19.2 Å². The molecule has 1 aromatic carbocycles. The molecule has 0 atom stereocenters. The van der Waals surface area contributed by atoms with Crippen LogP contribution in [0.3, 0.4) is 0 Å². The Hall–Kier alpha value is 0.200. The van der Waals surface area contributed by atoms with E-state index in [2.05, 4.69) is 54.4 Å². The van der Waals surface area contributed by atoms with E-state index in [9.17, 15) is 0 Å². The maximum Gasteiger partial charge on any atom is 0.148 e. The third-order valence-electron chi connectivity index (χ3n) is 1.31. The minimum absolute atomic E-state index is 0.499. The Bertz CT molecular complexity index is 300. The fraction of sp³-hybridized carbons (Fsp3) is 0.111. The monoisotopic (exact) mass is 368 g/mol. The highest BCUT2D eigenvalue weighted by Gasteiger charge is 2.06. The lowest BCUT2D eigenvalue weighted by atomic mass is 10.3. The van der Waals surface area contributed by atoms with Crippen molar-refractivity contribution in [2.75, 3.05) is 6.61 Å². The van der Waals surface area contributed by atoms with Crippen LogP contribution in [0.5, 0.6) is 5.75 Å². The zero-order chi connectivity index (χ0) is 9.84. The van der Waals surface area contributed by atoms with Gasteiger partial charge in [0.15, 0.2) is 0 Å². The topological polar surface area (TPSA) is 9.23 Å². The zero-order valence-electron chi connectivity index (χ0n) is 6.69. The van der Waals surface area contributed by atoms with Crippen LogP contribution < -0.4 is 4.74 Å². The van der Waals surface area contributed by atoms with E-state index in [1.807, 2.05) is 12.1 Å². The van der Waals surface area contributed by atoms with Gasteiger partial charge in [0.25, 0.3) is 0 Å². The molecule has 0 N–H and O–H groups in total. The molecule has 1 aromatic rings. The van der Waals surface area contributed by atoms with Crippen molar-refractivity contribution >= 4 is 47.8 Å². The molecule has 0 bridgehead atoms.